The molecule has 1 fully saturated rings. The zero-order valence-electron chi connectivity index (χ0n) is 11.8. The summed E-state index contributed by atoms with van der Waals surface area (Å²) in [4.78, 5) is 4.90. The van der Waals surface area contributed by atoms with Crippen LogP contribution in [-0.2, 0) is 0 Å². The minimum atomic E-state index is 0.345. The van der Waals surface area contributed by atoms with Gasteiger partial charge < -0.3 is 10.0 Å². The van der Waals surface area contributed by atoms with Crippen molar-refractivity contribution in [1.29, 1.82) is 0 Å². The third-order valence-electron chi connectivity index (χ3n) is 4.42. The zero-order valence-corrected chi connectivity index (χ0v) is 12.6. The molecular formula is C16H21ClN2O. The molecule has 0 radical (unpaired) electrons. The molecule has 3 rings (SSSR count). The topological polar surface area (TPSA) is 26.7 Å². The summed E-state index contributed by atoms with van der Waals surface area (Å²) < 4.78 is 0. The van der Waals surface area contributed by atoms with E-state index < -0.39 is 0 Å². The molecule has 20 heavy (non-hydrogen) atoms. The van der Waals surface area contributed by atoms with Gasteiger partial charge in [0, 0.05) is 35.4 Å². The molecule has 1 N–H and O–H groups in total. The predicted octanol–water partition coefficient (Wildman–Crippen LogP) is 3.54. The number of halogens is 1. The number of likely N-dealkylation sites (tertiary alicyclic amines) is 1. The molecule has 0 saturated carbocycles. The lowest BCUT2D eigenvalue weighted by Gasteiger charge is -2.34. The maximum absolute atomic E-state index is 10.0. The Balaban J connectivity index is 1.83. The van der Waals surface area contributed by atoms with Gasteiger partial charge in [0.15, 0.2) is 0 Å². The van der Waals surface area contributed by atoms with Gasteiger partial charge in [-0.3, -0.25) is 4.90 Å². The van der Waals surface area contributed by atoms with Gasteiger partial charge in [0.1, 0.15) is 5.76 Å². The van der Waals surface area contributed by atoms with Crippen LogP contribution in [0.3, 0.4) is 0 Å². The van der Waals surface area contributed by atoms with Crippen LogP contribution in [-0.4, -0.2) is 42.2 Å². The van der Waals surface area contributed by atoms with Crippen LogP contribution in [0.5, 0.6) is 0 Å². The Hall–Kier alpha value is -1.19. The lowest BCUT2D eigenvalue weighted by Crippen LogP contribution is -2.41. The highest BCUT2D eigenvalue weighted by molar-refractivity contribution is 6.30. The average molecular weight is 293 g/mol. The molecule has 0 amide bonds. The van der Waals surface area contributed by atoms with Gasteiger partial charge in [0.25, 0.3) is 0 Å². The molecular weight excluding hydrogens is 272 g/mol. The second kappa shape index (κ2) is 5.66. The van der Waals surface area contributed by atoms with Gasteiger partial charge in [0.05, 0.1) is 0 Å². The van der Waals surface area contributed by atoms with Crippen molar-refractivity contribution in [3.05, 3.63) is 34.9 Å². The maximum Gasteiger partial charge on any atom is 0.122 e. The lowest BCUT2D eigenvalue weighted by atomic mass is 10.0. The summed E-state index contributed by atoms with van der Waals surface area (Å²) in [5.74, 6) is 0.345. The monoisotopic (exact) mass is 292 g/mol. The van der Waals surface area contributed by atoms with Crippen LogP contribution in [0.15, 0.2) is 24.3 Å². The first kappa shape index (κ1) is 13.8. The number of nitrogens with zero attached hydrogens (tertiary/aromatic N) is 2. The average Bonchev–Trinajstić information content (AvgIpc) is 2.89. The highest BCUT2D eigenvalue weighted by Gasteiger charge is 2.27. The summed E-state index contributed by atoms with van der Waals surface area (Å²) in [7, 11) is 0. The molecule has 1 unspecified atom stereocenters. The molecule has 108 valence electrons. The van der Waals surface area contributed by atoms with Crippen molar-refractivity contribution in [2.45, 2.75) is 25.8 Å². The van der Waals surface area contributed by atoms with Crippen molar-refractivity contribution in [3.8, 4) is 0 Å². The molecule has 0 spiro atoms. The number of hydrogen-bond donors (Lipinski definition) is 1. The highest BCUT2D eigenvalue weighted by Crippen LogP contribution is 2.33. The molecule has 0 aromatic heterocycles. The Bertz CT molecular complexity index is 529. The first-order chi connectivity index (χ1) is 9.69. The summed E-state index contributed by atoms with van der Waals surface area (Å²) in [5, 5.41) is 10.7. The number of rotatable bonds is 3. The number of aliphatic hydroxyl groups excluding tert-OH is 1. The van der Waals surface area contributed by atoms with Gasteiger partial charge in [-0.1, -0.05) is 18.5 Å². The van der Waals surface area contributed by atoms with Crippen LogP contribution in [0, 0.1) is 0 Å². The minimum absolute atomic E-state index is 0.345. The standard InChI is InChI=1S/C16H21ClN2O/c1-2-18-8-3-4-13(18)11-19-9-7-16(20)14-10-12(17)5-6-15(14)19/h5-7,10,13,20H,2-4,8-9,11H2,1H3. The summed E-state index contributed by atoms with van der Waals surface area (Å²) in [6.07, 6.45) is 4.44. The summed E-state index contributed by atoms with van der Waals surface area (Å²) in [5.41, 5.74) is 1.95. The fraction of sp³-hybridized carbons (Fsp3) is 0.500. The van der Waals surface area contributed by atoms with E-state index in [0.717, 1.165) is 30.9 Å². The van der Waals surface area contributed by atoms with Gasteiger partial charge in [-0.25, -0.2) is 0 Å². The predicted molar refractivity (Wildman–Crippen MR) is 84.5 cm³/mol. The Morgan fingerprint density at radius 2 is 2.25 bits per heavy atom. The van der Waals surface area contributed by atoms with Gasteiger partial charge in [-0.05, 0) is 50.2 Å². The molecule has 1 aromatic rings. The van der Waals surface area contributed by atoms with Crippen LogP contribution in [0.2, 0.25) is 5.02 Å². The van der Waals surface area contributed by atoms with E-state index in [4.69, 9.17) is 11.6 Å². The second-order valence-corrected chi connectivity index (χ2v) is 6.02. The first-order valence-corrected chi connectivity index (χ1v) is 7.75. The summed E-state index contributed by atoms with van der Waals surface area (Å²) >= 11 is 6.04. The molecule has 1 atom stereocenters. The van der Waals surface area contributed by atoms with Crippen LogP contribution in [0.4, 0.5) is 5.69 Å². The quantitative estimate of drug-likeness (QED) is 0.923. The number of fused-ring (bicyclic) bond motifs is 1. The number of benzene rings is 1. The normalized spacial score (nSPS) is 22.8. The van der Waals surface area contributed by atoms with E-state index in [-0.39, 0.29) is 0 Å². The largest absolute Gasteiger partial charge is 0.508 e. The van der Waals surface area contributed by atoms with Crippen LogP contribution >= 0.6 is 11.6 Å². The Morgan fingerprint density at radius 1 is 1.40 bits per heavy atom. The molecule has 4 heteroatoms. The van der Waals surface area contributed by atoms with Gasteiger partial charge >= 0.3 is 0 Å². The molecule has 0 aliphatic carbocycles. The van der Waals surface area contributed by atoms with E-state index in [1.54, 1.807) is 0 Å². The van der Waals surface area contributed by atoms with Crippen LogP contribution in [0.1, 0.15) is 25.3 Å². The molecule has 3 nitrogen and oxygen atoms in total. The molecule has 0 bridgehead atoms. The maximum atomic E-state index is 10.0. The SMILES string of the molecule is CCN1CCCC1CN1CC=C(O)c2cc(Cl)ccc21. The third-order valence-corrected chi connectivity index (χ3v) is 4.65. The number of likely N-dealkylation sites (N-methyl/N-ethyl adjacent to an activating group) is 1. The fourth-order valence-corrected chi connectivity index (χ4v) is 3.51. The van der Waals surface area contributed by atoms with Gasteiger partial charge in [0.2, 0.25) is 0 Å². The number of anilines is 1. The number of hydrogen-bond acceptors (Lipinski definition) is 3. The van der Waals surface area contributed by atoms with Crippen molar-refractivity contribution in [3.63, 3.8) is 0 Å². The molecule has 2 aliphatic heterocycles. The van der Waals surface area contributed by atoms with Crippen molar-refractivity contribution in [1.82, 2.24) is 4.90 Å². The van der Waals surface area contributed by atoms with Crippen molar-refractivity contribution in [2.24, 2.45) is 0 Å². The minimum Gasteiger partial charge on any atom is -0.508 e. The van der Waals surface area contributed by atoms with E-state index in [1.165, 1.54) is 19.4 Å². The molecule has 1 saturated heterocycles. The van der Waals surface area contributed by atoms with Crippen molar-refractivity contribution in [2.75, 3.05) is 31.1 Å². The summed E-state index contributed by atoms with van der Waals surface area (Å²) in [6, 6.07) is 6.39. The third kappa shape index (κ3) is 2.52. The molecule has 2 aliphatic rings. The first-order valence-electron chi connectivity index (χ1n) is 7.37. The zero-order chi connectivity index (χ0) is 14.1. The molecule has 1 aromatic carbocycles. The smallest absolute Gasteiger partial charge is 0.122 e. The van der Waals surface area contributed by atoms with E-state index in [1.807, 2.05) is 24.3 Å². The van der Waals surface area contributed by atoms with E-state index in [0.29, 0.717) is 16.8 Å². The van der Waals surface area contributed by atoms with E-state index >= 15 is 0 Å². The molecule has 2 heterocycles. The highest BCUT2D eigenvalue weighted by atomic mass is 35.5. The van der Waals surface area contributed by atoms with Crippen LogP contribution < -0.4 is 4.90 Å². The van der Waals surface area contributed by atoms with Gasteiger partial charge in [-0.2, -0.15) is 0 Å². The lowest BCUT2D eigenvalue weighted by molar-refractivity contribution is 0.269. The van der Waals surface area contributed by atoms with E-state index in [2.05, 4.69) is 16.7 Å². The fourth-order valence-electron chi connectivity index (χ4n) is 3.34. The Labute approximate surface area is 125 Å². The van der Waals surface area contributed by atoms with Crippen molar-refractivity contribution >= 4 is 23.0 Å². The van der Waals surface area contributed by atoms with Crippen molar-refractivity contribution < 1.29 is 5.11 Å². The Morgan fingerprint density at radius 3 is 3.05 bits per heavy atom. The van der Waals surface area contributed by atoms with Crippen LogP contribution in [0.25, 0.3) is 5.76 Å². The Kier molecular flexibility index (Phi) is 3.90. The number of aliphatic hydroxyl groups is 1. The van der Waals surface area contributed by atoms with E-state index in [9.17, 15) is 5.11 Å². The second-order valence-electron chi connectivity index (χ2n) is 5.58. The van der Waals surface area contributed by atoms with Gasteiger partial charge in [-0.15, -0.1) is 0 Å². The summed E-state index contributed by atoms with van der Waals surface area (Å²) in [6.45, 7) is 6.35.